The van der Waals surface area contributed by atoms with Crippen LogP contribution in [0, 0.1) is 17.0 Å². The van der Waals surface area contributed by atoms with Gasteiger partial charge in [0.15, 0.2) is 5.78 Å². The van der Waals surface area contributed by atoms with Gasteiger partial charge >= 0.3 is 5.63 Å². The summed E-state index contributed by atoms with van der Waals surface area (Å²) in [6.45, 7) is 2.91. The summed E-state index contributed by atoms with van der Waals surface area (Å²) in [7, 11) is 0. The van der Waals surface area contributed by atoms with E-state index in [1.165, 1.54) is 44.2 Å². The summed E-state index contributed by atoms with van der Waals surface area (Å²) >= 11 is 0. The topological polar surface area (TPSA) is 90.4 Å². The van der Waals surface area contributed by atoms with Crippen LogP contribution >= 0.6 is 0 Å². The summed E-state index contributed by atoms with van der Waals surface area (Å²) < 4.78 is 4.91. The number of nitrogens with zero attached hydrogens (tertiary/aromatic N) is 1. The zero-order chi connectivity index (χ0) is 14.9. The van der Waals surface area contributed by atoms with E-state index in [9.17, 15) is 19.7 Å². The highest BCUT2D eigenvalue weighted by atomic mass is 16.6. The number of nitro benzene ring substituents is 1. The fourth-order valence-electron chi connectivity index (χ4n) is 2.04. The van der Waals surface area contributed by atoms with E-state index in [-0.39, 0.29) is 17.2 Å². The van der Waals surface area contributed by atoms with Crippen molar-refractivity contribution in [3.05, 3.63) is 62.2 Å². The van der Waals surface area contributed by atoms with Gasteiger partial charge in [-0.2, -0.15) is 0 Å². The van der Waals surface area contributed by atoms with Crippen LogP contribution in [0.2, 0.25) is 0 Å². The van der Waals surface area contributed by atoms with Gasteiger partial charge in [-0.3, -0.25) is 14.9 Å². The molecule has 0 unspecified atom stereocenters. The Balaban J connectivity index is 2.65. The monoisotopic (exact) mass is 273 g/mol. The van der Waals surface area contributed by atoms with Crippen molar-refractivity contribution in [1.82, 2.24) is 0 Å². The van der Waals surface area contributed by atoms with Crippen molar-refractivity contribution in [3.8, 4) is 11.1 Å². The van der Waals surface area contributed by atoms with Crippen LogP contribution in [0.1, 0.15) is 23.0 Å². The van der Waals surface area contributed by atoms with Crippen LogP contribution in [0.25, 0.3) is 11.1 Å². The number of non-ortho nitro benzene ring substituents is 1. The third kappa shape index (κ3) is 2.49. The molecule has 102 valence electrons. The number of benzene rings is 1. The molecule has 6 heteroatoms. The molecule has 0 N–H and O–H groups in total. The minimum Gasteiger partial charge on any atom is -0.427 e. The summed E-state index contributed by atoms with van der Waals surface area (Å²) in [5.41, 5.74) is 0.648. The number of hydrogen-bond acceptors (Lipinski definition) is 5. The van der Waals surface area contributed by atoms with E-state index in [4.69, 9.17) is 4.42 Å². The third-order valence-electron chi connectivity index (χ3n) is 2.88. The van der Waals surface area contributed by atoms with E-state index in [2.05, 4.69) is 0 Å². The normalized spacial score (nSPS) is 10.3. The molecule has 0 atom stereocenters. The highest BCUT2D eigenvalue weighted by Crippen LogP contribution is 2.26. The van der Waals surface area contributed by atoms with Crippen molar-refractivity contribution in [1.29, 1.82) is 0 Å². The Kier molecular flexibility index (Phi) is 3.47. The van der Waals surface area contributed by atoms with Crippen LogP contribution in [0.4, 0.5) is 5.69 Å². The zero-order valence-electron chi connectivity index (χ0n) is 10.9. The van der Waals surface area contributed by atoms with Gasteiger partial charge in [0, 0.05) is 23.8 Å². The molecule has 0 amide bonds. The highest BCUT2D eigenvalue weighted by Gasteiger charge is 2.16. The Bertz CT molecular complexity index is 743. The Labute approximate surface area is 113 Å². The van der Waals surface area contributed by atoms with Crippen molar-refractivity contribution in [2.24, 2.45) is 0 Å². The third-order valence-corrected chi connectivity index (χ3v) is 2.88. The molecule has 1 aromatic carbocycles. The van der Waals surface area contributed by atoms with E-state index in [1.54, 1.807) is 0 Å². The van der Waals surface area contributed by atoms with Crippen molar-refractivity contribution in [3.63, 3.8) is 0 Å². The molecule has 1 heterocycles. The number of rotatable bonds is 3. The number of nitro groups is 1. The second-order valence-corrected chi connectivity index (χ2v) is 4.27. The van der Waals surface area contributed by atoms with E-state index < -0.39 is 10.5 Å². The maximum absolute atomic E-state index is 11.7. The predicted octanol–water partition coefficient (Wildman–Crippen LogP) is 2.73. The largest absolute Gasteiger partial charge is 0.427 e. The summed E-state index contributed by atoms with van der Waals surface area (Å²) in [5.74, 6) is -0.00189. The summed E-state index contributed by atoms with van der Waals surface area (Å²) in [4.78, 5) is 33.2. The van der Waals surface area contributed by atoms with Crippen molar-refractivity contribution < 1.29 is 14.1 Å². The number of aryl methyl sites for hydroxylation is 1. The second kappa shape index (κ2) is 5.08. The van der Waals surface area contributed by atoms with Crippen molar-refractivity contribution >= 4 is 11.5 Å². The maximum atomic E-state index is 11.7. The first-order chi connectivity index (χ1) is 9.40. The lowest BCUT2D eigenvalue weighted by Gasteiger charge is -2.08. The molecule has 0 bridgehead atoms. The summed E-state index contributed by atoms with van der Waals surface area (Å²) in [6.07, 6.45) is 0. The first-order valence-corrected chi connectivity index (χ1v) is 5.80. The van der Waals surface area contributed by atoms with Crippen LogP contribution in [0.5, 0.6) is 0 Å². The lowest BCUT2D eigenvalue weighted by atomic mass is 9.97. The number of Topliss-reactive ketones (excluding diaryl/α,β-unsaturated/α-hetero) is 1. The van der Waals surface area contributed by atoms with Gasteiger partial charge in [0.05, 0.1) is 10.5 Å². The van der Waals surface area contributed by atoms with E-state index in [1.807, 2.05) is 0 Å². The van der Waals surface area contributed by atoms with Crippen LogP contribution < -0.4 is 5.63 Å². The van der Waals surface area contributed by atoms with Crippen LogP contribution in [0.15, 0.2) is 39.5 Å². The van der Waals surface area contributed by atoms with Gasteiger partial charge in [0.25, 0.3) is 5.69 Å². The van der Waals surface area contributed by atoms with Gasteiger partial charge in [-0.25, -0.2) is 4.79 Å². The average Bonchev–Trinajstić information content (AvgIpc) is 2.37. The molecular formula is C14H11NO5. The molecule has 0 radical (unpaired) electrons. The van der Waals surface area contributed by atoms with Gasteiger partial charge < -0.3 is 4.42 Å². The first-order valence-electron chi connectivity index (χ1n) is 5.80. The molecule has 2 aromatic rings. The fraction of sp³-hybridized carbons (Fsp3) is 0.143. The molecule has 20 heavy (non-hydrogen) atoms. The van der Waals surface area contributed by atoms with Gasteiger partial charge in [-0.05, 0) is 31.5 Å². The molecule has 0 aliphatic rings. The standard InChI is InChI=1S/C14H11NO5/c1-8(16)14-9(2)20-13(17)7-12(14)10-3-5-11(6-4-10)15(18)19/h3-7H,1-2H3. The quantitative estimate of drug-likeness (QED) is 0.487. The van der Waals surface area contributed by atoms with Crippen LogP contribution in [0.3, 0.4) is 0 Å². The average molecular weight is 273 g/mol. The lowest BCUT2D eigenvalue weighted by molar-refractivity contribution is -0.384. The molecule has 0 saturated heterocycles. The number of ketones is 1. The van der Waals surface area contributed by atoms with E-state index in [0.717, 1.165) is 0 Å². The molecule has 2 rings (SSSR count). The van der Waals surface area contributed by atoms with E-state index >= 15 is 0 Å². The van der Waals surface area contributed by atoms with Crippen LogP contribution in [-0.2, 0) is 0 Å². The molecular weight excluding hydrogens is 262 g/mol. The maximum Gasteiger partial charge on any atom is 0.336 e. The second-order valence-electron chi connectivity index (χ2n) is 4.27. The molecule has 0 saturated carbocycles. The van der Waals surface area contributed by atoms with Gasteiger partial charge in [-0.1, -0.05) is 0 Å². The Hall–Kier alpha value is -2.76. The SMILES string of the molecule is CC(=O)c1c(-c2ccc([N+](=O)[O-])cc2)cc(=O)oc1C. The zero-order valence-corrected chi connectivity index (χ0v) is 10.9. The lowest BCUT2D eigenvalue weighted by Crippen LogP contribution is -2.07. The molecule has 0 spiro atoms. The molecule has 0 aliphatic carbocycles. The summed E-state index contributed by atoms with van der Waals surface area (Å²) in [6, 6.07) is 6.86. The summed E-state index contributed by atoms with van der Waals surface area (Å²) in [5, 5.41) is 10.6. The van der Waals surface area contributed by atoms with Gasteiger partial charge in [-0.15, -0.1) is 0 Å². The fourth-order valence-corrected chi connectivity index (χ4v) is 2.04. The first kappa shape index (κ1) is 13.7. The minimum atomic E-state index is -0.569. The van der Waals surface area contributed by atoms with Crippen molar-refractivity contribution in [2.75, 3.05) is 0 Å². The number of carbonyl (C=O) groups excluding carboxylic acids is 1. The smallest absolute Gasteiger partial charge is 0.336 e. The molecule has 0 aliphatic heterocycles. The molecule has 6 nitrogen and oxygen atoms in total. The van der Waals surface area contributed by atoms with E-state index in [0.29, 0.717) is 16.7 Å². The van der Waals surface area contributed by atoms with Gasteiger partial charge in [0.1, 0.15) is 5.76 Å². The van der Waals surface area contributed by atoms with Crippen LogP contribution in [-0.4, -0.2) is 10.7 Å². The molecule has 1 aromatic heterocycles. The van der Waals surface area contributed by atoms with Gasteiger partial charge in [0.2, 0.25) is 0 Å². The Morgan fingerprint density at radius 2 is 1.85 bits per heavy atom. The minimum absolute atomic E-state index is 0.0576. The predicted molar refractivity (Wildman–Crippen MR) is 71.8 cm³/mol. The number of carbonyl (C=O) groups is 1. The number of hydrogen-bond donors (Lipinski definition) is 0. The Morgan fingerprint density at radius 3 is 2.35 bits per heavy atom. The Morgan fingerprint density at radius 1 is 1.25 bits per heavy atom. The van der Waals surface area contributed by atoms with Crippen molar-refractivity contribution in [2.45, 2.75) is 13.8 Å². The molecule has 0 fully saturated rings. The highest BCUT2D eigenvalue weighted by molar-refractivity contribution is 6.01.